The molecule has 1 unspecified atom stereocenters. The predicted octanol–water partition coefficient (Wildman–Crippen LogP) is -1.11. The normalized spacial score (nSPS) is 17.7. The van der Waals surface area contributed by atoms with E-state index in [0.717, 1.165) is 12.2 Å². The molecule has 0 aliphatic carbocycles. The van der Waals surface area contributed by atoms with Crippen LogP contribution in [0.1, 0.15) is 6.42 Å². The van der Waals surface area contributed by atoms with Gasteiger partial charge >= 0.3 is 0 Å². The Morgan fingerprint density at radius 1 is 1.23 bits per heavy atom. The number of imide groups is 1. The Labute approximate surface area is 74.0 Å². The quantitative estimate of drug-likeness (QED) is 0.513. The Hall–Kier alpha value is -1.78. The van der Waals surface area contributed by atoms with Gasteiger partial charge in [-0.15, -0.1) is 0 Å². The van der Waals surface area contributed by atoms with Crippen LogP contribution in [0.3, 0.4) is 0 Å². The first-order valence-electron chi connectivity index (χ1n) is 3.48. The molecule has 1 heterocycles. The van der Waals surface area contributed by atoms with Crippen LogP contribution in [0, 0.1) is 0 Å². The third kappa shape index (κ3) is 1.69. The molecule has 0 fully saturated rings. The number of hydrogen-bond donors (Lipinski definition) is 0. The fourth-order valence-electron chi connectivity index (χ4n) is 0.984. The van der Waals surface area contributed by atoms with Crippen LogP contribution in [0.5, 0.6) is 0 Å². The average Bonchev–Trinajstić information content (AvgIpc) is 2.43. The minimum Gasteiger partial charge on any atom is -0.291 e. The highest BCUT2D eigenvalue weighted by atomic mass is 16.2. The van der Waals surface area contributed by atoms with Gasteiger partial charge in [0.15, 0.2) is 0 Å². The van der Waals surface area contributed by atoms with Crippen molar-refractivity contribution < 1.29 is 19.2 Å². The first-order valence-corrected chi connectivity index (χ1v) is 3.48. The van der Waals surface area contributed by atoms with E-state index in [-0.39, 0.29) is 6.42 Å². The van der Waals surface area contributed by atoms with Crippen molar-refractivity contribution in [3.05, 3.63) is 12.2 Å². The maximum absolute atomic E-state index is 11.0. The van der Waals surface area contributed by atoms with Crippen LogP contribution in [0.25, 0.3) is 0 Å². The van der Waals surface area contributed by atoms with Crippen LogP contribution in [-0.4, -0.2) is 35.3 Å². The van der Waals surface area contributed by atoms with E-state index in [4.69, 9.17) is 0 Å². The van der Waals surface area contributed by atoms with Crippen molar-refractivity contribution >= 4 is 24.4 Å². The summed E-state index contributed by atoms with van der Waals surface area (Å²) in [6.45, 7) is 0. The van der Waals surface area contributed by atoms with Crippen LogP contribution < -0.4 is 0 Å². The molecule has 0 aromatic carbocycles. The van der Waals surface area contributed by atoms with Crippen molar-refractivity contribution in [1.82, 2.24) is 4.90 Å². The molecule has 2 radical (unpaired) electrons. The Morgan fingerprint density at radius 3 is 2.15 bits per heavy atom. The standard InChI is InChI=1S/C8H5NO4/c10-4-3-6(5-11)9-7(12)1-2-8(9)13/h1-2,6H,3H2. The minimum atomic E-state index is -1.15. The molecule has 0 N–H and O–H groups in total. The third-order valence-corrected chi connectivity index (χ3v) is 1.57. The lowest BCUT2D eigenvalue weighted by Gasteiger charge is -2.17. The molecule has 0 saturated heterocycles. The highest BCUT2D eigenvalue weighted by Gasteiger charge is 2.31. The van der Waals surface area contributed by atoms with Gasteiger partial charge in [-0.2, -0.15) is 0 Å². The van der Waals surface area contributed by atoms with Gasteiger partial charge < -0.3 is 0 Å². The fourth-order valence-corrected chi connectivity index (χ4v) is 0.984. The Balaban J connectivity index is 2.79. The van der Waals surface area contributed by atoms with Gasteiger partial charge in [0.25, 0.3) is 11.8 Å². The van der Waals surface area contributed by atoms with E-state index in [2.05, 4.69) is 0 Å². The maximum atomic E-state index is 11.0. The minimum absolute atomic E-state index is 0.331. The second kappa shape index (κ2) is 3.75. The van der Waals surface area contributed by atoms with E-state index in [1.807, 2.05) is 0 Å². The number of carbonyl (C=O) groups excluding carboxylic acids is 4. The van der Waals surface area contributed by atoms with Crippen LogP contribution >= 0.6 is 0 Å². The average molecular weight is 179 g/mol. The predicted molar refractivity (Wildman–Crippen MR) is 40.8 cm³/mol. The second-order valence-electron chi connectivity index (χ2n) is 2.36. The molecule has 0 saturated carbocycles. The first-order chi connectivity index (χ1) is 6.20. The molecule has 13 heavy (non-hydrogen) atoms. The smallest absolute Gasteiger partial charge is 0.254 e. The number of hydrogen-bond acceptors (Lipinski definition) is 4. The summed E-state index contributed by atoms with van der Waals surface area (Å²) in [5.41, 5.74) is 0. The molecule has 66 valence electrons. The molecule has 1 aliphatic heterocycles. The Bertz CT molecular complexity index is 277. The topological polar surface area (TPSA) is 71.5 Å². The highest BCUT2D eigenvalue weighted by molar-refractivity contribution is 6.14. The van der Waals surface area contributed by atoms with E-state index in [1.165, 1.54) is 12.6 Å². The number of amides is 2. The lowest BCUT2D eigenvalue weighted by Crippen LogP contribution is -2.41. The number of carbonyl (C=O) groups is 2. The summed E-state index contributed by atoms with van der Waals surface area (Å²) in [5, 5.41) is 0. The molecule has 1 aliphatic rings. The summed E-state index contributed by atoms with van der Waals surface area (Å²) in [5.74, 6) is -1.21. The van der Waals surface area contributed by atoms with Gasteiger partial charge in [0.05, 0.1) is 0 Å². The fraction of sp³-hybridized carbons (Fsp3) is 0.250. The summed E-state index contributed by atoms with van der Waals surface area (Å²) < 4.78 is 0. The molecule has 1 atom stereocenters. The molecule has 0 spiro atoms. The zero-order valence-electron chi connectivity index (χ0n) is 6.52. The first kappa shape index (κ1) is 9.31. The van der Waals surface area contributed by atoms with Crippen molar-refractivity contribution in [2.24, 2.45) is 0 Å². The van der Waals surface area contributed by atoms with E-state index in [1.54, 1.807) is 0 Å². The van der Waals surface area contributed by atoms with Crippen molar-refractivity contribution in [3.63, 3.8) is 0 Å². The Kier molecular flexibility index (Phi) is 2.69. The lowest BCUT2D eigenvalue weighted by molar-refractivity contribution is -0.137. The van der Waals surface area contributed by atoms with Gasteiger partial charge in [-0.1, -0.05) is 0 Å². The van der Waals surface area contributed by atoms with Gasteiger partial charge in [0.1, 0.15) is 6.04 Å². The van der Waals surface area contributed by atoms with E-state index in [9.17, 15) is 19.2 Å². The van der Waals surface area contributed by atoms with E-state index < -0.39 is 17.9 Å². The summed E-state index contributed by atoms with van der Waals surface area (Å²) in [6, 6.07) is -1.15. The van der Waals surface area contributed by atoms with Crippen molar-refractivity contribution in [3.8, 4) is 0 Å². The molecule has 0 aromatic heterocycles. The van der Waals surface area contributed by atoms with Gasteiger partial charge in [-0.05, 0) is 0 Å². The van der Waals surface area contributed by atoms with Crippen molar-refractivity contribution in [2.75, 3.05) is 0 Å². The molecule has 5 heteroatoms. The van der Waals surface area contributed by atoms with Crippen molar-refractivity contribution in [2.45, 2.75) is 12.5 Å². The Morgan fingerprint density at radius 2 is 1.77 bits per heavy atom. The molecule has 0 bridgehead atoms. The molecular weight excluding hydrogens is 174 g/mol. The summed E-state index contributed by atoms with van der Waals surface area (Å²) in [6.07, 6.45) is 4.64. The van der Waals surface area contributed by atoms with Gasteiger partial charge in [0, 0.05) is 18.6 Å². The van der Waals surface area contributed by atoms with E-state index in [0.29, 0.717) is 4.90 Å². The maximum Gasteiger partial charge on any atom is 0.254 e. The van der Waals surface area contributed by atoms with Crippen LogP contribution in [0.2, 0.25) is 0 Å². The largest absolute Gasteiger partial charge is 0.291 e. The van der Waals surface area contributed by atoms with Gasteiger partial charge in [0.2, 0.25) is 12.6 Å². The molecular formula is C8H5NO4. The van der Waals surface area contributed by atoms with Crippen LogP contribution in [-0.2, 0) is 19.2 Å². The van der Waals surface area contributed by atoms with Gasteiger partial charge in [-0.3, -0.25) is 24.1 Å². The third-order valence-electron chi connectivity index (χ3n) is 1.57. The SMILES string of the molecule is O=[C]CC([C]=O)N1C(=O)C=CC1=O. The van der Waals surface area contributed by atoms with Crippen LogP contribution in [0.4, 0.5) is 0 Å². The lowest BCUT2D eigenvalue weighted by atomic mass is 10.2. The highest BCUT2D eigenvalue weighted by Crippen LogP contribution is 2.09. The number of rotatable bonds is 4. The summed E-state index contributed by atoms with van der Waals surface area (Å²) >= 11 is 0. The molecule has 5 nitrogen and oxygen atoms in total. The summed E-state index contributed by atoms with van der Waals surface area (Å²) in [4.78, 5) is 42.9. The monoisotopic (exact) mass is 179 g/mol. The molecule has 2 amide bonds. The zero-order valence-corrected chi connectivity index (χ0v) is 6.52. The second-order valence-corrected chi connectivity index (χ2v) is 2.36. The van der Waals surface area contributed by atoms with Gasteiger partial charge in [-0.25, -0.2) is 0 Å². The molecule has 0 aromatic rings. The summed E-state index contributed by atoms with van der Waals surface area (Å²) in [7, 11) is 0. The van der Waals surface area contributed by atoms with Crippen LogP contribution in [0.15, 0.2) is 12.2 Å². The van der Waals surface area contributed by atoms with E-state index >= 15 is 0 Å². The zero-order chi connectivity index (χ0) is 9.84. The van der Waals surface area contributed by atoms with Crippen molar-refractivity contribution in [1.29, 1.82) is 0 Å². The molecule has 1 rings (SSSR count). The number of nitrogens with zero attached hydrogens (tertiary/aromatic N) is 1.